The summed E-state index contributed by atoms with van der Waals surface area (Å²) in [6, 6.07) is 0. The van der Waals surface area contributed by atoms with Gasteiger partial charge in [0.05, 0.1) is 11.6 Å². The van der Waals surface area contributed by atoms with E-state index in [2.05, 4.69) is 33.5 Å². The smallest absolute Gasteiger partial charge is 0.191 e. The third-order valence-electron chi connectivity index (χ3n) is 1.88. The third-order valence-corrected chi connectivity index (χ3v) is 2.85. The zero-order valence-corrected chi connectivity index (χ0v) is 13.1. The first-order valence-corrected chi connectivity index (χ1v) is 5.87. The molecular formula is C11H17IN4S. The molecule has 0 saturated heterocycles. The third kappa shape index (κ3) is 6.48. The van der Waals surface area contributed by atoms with Gasteiger partial charge < -0.3 is 10.6 Å². The maximum Gasteiger partial charge on any atom is 0.191 e. The number of aromatic nitrogens is 1. The molecule has 0 bridgehead atoms. The average Bonchev–Trinajstić information content (AvgIpc) is 2.69. The molecule has 0 fully saturated rings. The molecule has 0 aliphatic rings. The van der Waals surface area contributed by atoms with Gasteiger partial charge in [0.1, 0.15) is 0 Å². The van der Waals surface area contributed by atoms with Crippen molar-refractivity contribution in [1.29, 1.82) is 0 Å². The molecule has 0 aliphatic heterocycles. The quantitative estimate of drug-likeness (QED) is 0.368. The average molecular weight is 364 g/mol. The van der Waals surface area contributed by atoms with Crippen LogP contribution in [0.25, 0.3) is 0 Å². The molecule has 94 valence electrons. The van der Waals surface area contributed by atoms with E-state index in [1.807, 2.05) is 6.20 Å². The van der Waals surface area contributed by atoms with Gasteiger partial charge in [-0.3, -0.25) is 4.99 Å². The molecule has 0 radical (unpaired) electrons. The molecule has 4 nitrogen and oxygen atoms in total. The fourth-order valence-electron chi connectivity index (χ4n) is 1.16. The number of thiazole rings is 1. The normalized spacial score (nSPS) is 10.3. The lowest BCUT2D eigenvalue weighted by molar-refractivity contribution is 0.820. The first-order chi connectivity index (χ1) is 7.76. The lowest BCUT2D eigenvalue weighted by Crippen LogP contribution is -2.38. The number of halogens is 1. The molecule has 0 amide bonds. The number of aliphatic imine (C=N–C) groups is 1. The molecule has 6 heteroatoms. The minimum Gasteiger partial charge on any atom is -0.356 e. The first-order valence-electron chi connectivity index (χ1n) is 5.05. The Morgan fingerprint density at radius 1 is 1.59 bits per heavy atom. The molecule has 1 rings (SSSR count). The molecular weight excluding hydrogens is 347 g/mol. The monoisotopic (exact) mass is 364 g/mol. The summed E-state index contributed by atoms with van der Waals surface area (Å²) in [5, 5.41) is 7.30. The number of rotatable bonds is 4. The number of hydrogen-bond acceptors (Lipinski definition) is 3. The van der Waals surface area contributed by atoms with Crippen LogP contribution in [-0.4, -0.2) is 31.1 Å². The van der Waals surface area contributed by atoms with Gasteiger partial charge in [0.2, 0.25) is 0 Å². The van der Waals surface area contributed by atoms with Crippen LogP contribution in [0.3, 0.4) is 0 Å². The van der Waals surface area contributed by atoms with E-state index in [0.717, 1.165) is 23.9 Å². The van der Waals surface area contributed by atoms with E-state index in [1.54, 1.807) is 18.4 Å². The predicted octanol–water partition coefficient (Wildman–Crippen LogP) is 1.41. The summed E-state index contributed by atoms with van der Waals surface area (Å²) in [6.07, 6.45) is 7.94. The van der Waals surface area contributed by atoms with E-state index in [0.29, 0.717) is 6.54 Å². The number of aryl methyl sites for hydroxylation is 1. The maximum absolute atomic E-state index is 5.15. The fourth-order valence-corrected chi connectivity index (χ4v) is 1.95. The number of guanidine groups is 1. The molecule has 0 aliphatic carbocycles. The second-order valence-corrected chi connectivity index (χ2v) is 4.49. The summed E-state index contributed by atoms with van der Waals surface area (Å²) in [7, 11) is 1.72. The van der Waals surface area contributed by atoms with Crippen molar-refractivity contribution in [2.24, 2.45) is 4.99 Å². The van der Waals surface area contributed by atoms with Crippen molar-refractivity contribution in [1.82, 2.24) is 15.6 Å². The van der Waals surface area contributed by atoms with Crippen molar-refractivity contribution < 1.29 is 0 Å². The molecule has 17 heavy (non-hydrogen) atoms. The highest BCUT2D eigenvalue weighted by molar-refractivity contribution is 14.0. The number of terminal acetylenes is 1. The molecule has 0 aromatic carbocycles. The van der Waals surface area contributed by atoms with Gasteiger partial charge in [0, 0.05) is 31.1 Å². The second kappa shape index (κ2) is 9.24. The van der Waals surface area contributed by atoms with Gasteiger partial charge >= 0.3 is 0 Å². The standard InChI is InChI=1S/C11H16N4S.HI/c1-4-6-13-11(12-3)14-7-5-10-15-8-9(2)16-10;/h1,8H,5-7H2,2-3H3,(H2,12,13,14);1H. The Morgan fingerprint density at radius 2 is 2.35 bits per heavy atom. The summed E-state index contributed by atoms with van der Waals surface area (Å²) in [6.45, 7) is 3.34. The molecule has 1 aromatic heterocycles. The second-order valence-electron chi connectivity index (χ2n) is 3.17. The van der Waals surface area contributed by atoms with E-state index in [4.69, 9.17) is 6.42 Å². The SMILES string of the molecule is C#CCNC(=NC)NCCc1ncc(C)s1.I. The molecule has 0 atom stereocenters. The highest BCUT2D eigenvalue weighted by atomic mass is 127. The van der Waals surface area contributed by atoms with Crippen LogP contribution < -0.4 is 10.6 Å². The fraction of sp³-hybridized carbons (Fsp3) is 0.455. The topological polar surface area (TPSA) is 49.3 Å². The van der Waals surface area contributed by atoms with Crippen LogP contribution >= 0.6 is 35.3 Å². The maximum atomic E-state index is 5.15. The van der Waals surface area contributed by atoms with Gasteiger partial charge in [-0.1, -0.05) is 5.92 Å². The summed E-state index contributed by atoms with van der Waals surface area (Å²) in [5.74, 6) is 3.23. The van der Waals surface area contributed by atoms with Gasteiger partial charge in [-0.15, -0.1) is 41.7 Å². The van der Waals surface area contributed by atoms with E-state index < -0.39 is 0 Å². The van der Waals surface area contributed by atoms with Crippen LogP contribution in [0.2, 0.25) is 0 Å². The van der Waals surface area contributed by atoms with Crippen molar-refractivity contribution in [3.8, 4) is 12.3 Å². The molecule has 1 heterocycles. The Labute approximate surface area is 123 Å². The van der Waals surface area contributed by atoms with Crippen LogP contribution in [0.15, 0.2) is 11.2 Å². The Hall–Kier alpha value is -0.810. The summed E-state index contributed by atoms with van der Waals surface area (Å²) in [4.78, 5) is 9.57. The number of hydrogen-bond donors (Lipinski definition) is 2. The number of nitrogens with one attached hydrogen (secondary N) is 2. The Bertz CT molecular complexity index is 394. The van der Waals surface area contributed by atoms with Crippen molar-refractivity contribution in [3.05, 3.63) is 16.1 Å². The van der Waals surface area contributed by atoms with Crippen LogP contribution in [0.4, 0.5) is 0 Å². The van der Waals surface area contributed by atoms with Crippen LogP contribution in [-0.2, 0) is 6.42 Å². The zero-order chi connectivity index (χ0) is 11.8. The summed E-state index contributed by atoms with van der Waals surface area (Å²) >= 11 is 1.72. The van der Waals surface area contributed by atoms with Crippen molar-refractivity contribution >= 4 is 41.3 Å². The summed E-state index contributed by atoms with van der Waals surface area (Å²) in [5.41, 5.74) is 0. The van der Waals surface area contributed by atoms with E-state index in [-0.39, 0.29) is 24.0 Å². The zero-order valence-electron chi connectivity index (χ0n) is 9.99. The molecule has 0 saturated carbocycles. The lowest BCUT2D eigenvalue weighted by Gasteiger charge is -2.08. The largest absolute Gasteiger partial charge is 0.356 e. The van der Waals surface area contributed by atoms with Crippen LogP contribution in [0.5, 0.6) is 0 Å². The Balaban J connectivity index is 0.00000256. The van der Waals surface area contributed by atoms with Gasteiger partial charge in [-0.2, -0.15) is 0 Å². The predicted molar refractivity (Wildman–Crippen MR) is 84.2 cm³/mol. The molecule has 0 spiro atoms. The lowest BCUT2D eigenvalue weighted by atomic mass is 10.4. The van der Waals surface area contributed by atoms with Crippen molar-refractivity contribution in [2.45, 2.75) is 13.3 Å². The number of nitrogens with zero attached hydrogens (tertiary/aromatic N) is 2. The minimum atomic E-state index is 0. The highest BCUT2D eigenvalue weighted by Gasteiger charge is 1.99. The highest BCUT2D eigenvalue weighted by Crippen LogP contribution is 2.10. The van der Waals surface area contributed by atoms with Gasteiger partial charge in [0.15, 0.2) is 5.96 Å². The van der Waals surface area contributed by atoms with Crippen molar-refractivity contribution in [2.75, 3.05) is 20.1 Å². The van der Waals surface area contributed by atoms with Crippen LogP contribution in [0, 0.1) is 19.3 Å². The summed E-state index contributed by atoms with van der Waals surface area (Å²) < 4.78 is 0. The van der Waals surface area contributed by atoms with E-state index in [9.17, 15) is 0 Å². The van der Waals surface area contributed by atoms with Crippen LogP contribution in [0.1, 0.15) is 9.88 Å². The van der Waals surface area contributed by atoms with Gasteiger partial charge in [0.25, 0.3) is 0 Å². The van der Waals surface area contributed by atoms with E-state index in [1.165, 1.54) is 4.88 Å². The molecule has 1 aromatic rings. The van der Waals surface area contributed by atoms with E-state index >= 15 is 0 Å². The Morgan fingerprint density at radius 3 is 2.88 bits per heavy atom. The van der Waals surface area contributed by atoms with Crippen molar-refractivity contribution in [3.63, 3.8) is 0 Å². The first kappa shape index (κ1) is 16.2. The molecule has 2 N–H and O–H groups in total. The van der Waals surface area contributed by atoms with Gasteiger partial charge in [-0.25, -0.2) is 4.98 Å². The molecule has 0 unspecified atom stereocenters. The minimum absolute atomic E-state index is 0. The Kier molecular flexibility index (Phi) is 8.80. The van der Waals surface area contributed by atoms with Gasteiger partial charge in [-0.05, 0) is 6.92 Å².